The summed E-state index contributed by atoms with van der Waals surface area (Å²) in [4.78, 5) is 0. The van der Waals surface area contributed by atoms with Gasteiger partial charge in [-0.05, 0) is 0 Å². The van der Waals surface area contributed by atoms with Gasteiger partial charge in [-0.25, -0.2) is 0 Å². The molecule has 0 aromatic rings. The Morgan fingerprint density at radius 1 is 0.640 bits per heavy atom. The van der Waals surface area contributed by atoms with Crippen molar-refractivity contribution in [2.24, 2.45) is 5.92 Å². The summed E-state index contributed by atoms with van der Waals surface area (Å²) in [5.74, 6) is 6.39. The van der Waals surface area contributed by atoms with Gasteiger partial charge in [-0.1, -0.05) is 39.5 Å². The van der Waals surface area contributed by atoms with Crippen molar-refractivity contribution in [3.8, 4) is 11.8 Å². The van der Waals surface area contributed by atoms with E-state index in [9.17, 15) is 0 Å². The SMILES string of the molecule is CC(C)C#CCOCCOCCOCCOCCOCCNC(C)C. The fraction of sp³-hybridized carbons (Fsp3) is 0.895. The van der Waals surface area contributed by atoms with E-state index in [1.807, 2.05) is 0 Å². The molecular formula is C19H37NO5. The van der Waals surface area contributed by atoms with E-state index < -0.39 is 0 Å². The average Bonchev–Trinajstić information content (AvgIpc) is 2.56. The van der Waals surface area contributed by atoms with Crippen LogP contribution < -0.4 is 5.32 Å². The summed E-state index contributed by atoms with van der Waals surface area (Å²) < 4.78 is 27.0. The van der Waals surface area contributed by atoms with Crippen LogP contribution >= 0.6 is 0 Å². The quantitative estimate of drug-likeness (QED) is 0.315. The second-order valence-corrected chi connectivity index (χ2v) is 6.09. The second-order valence-electron chi connectivity index (χ2n) is 6.09. The molecule has 0 bridgehead atoms. The molecule has 0 aromatic carbocycles. The Bertz CT molecular complexity index is 326. The van der Waals surface area contributed by atoms with Crippen LogP contribution in [0.3, 0.4) is 0 Å². The third kappa shape index (κ3) is 23.3. The molecule has 0 aliphatic rings. The minimum atomic E-state index is 0.389. The Kier molecular flexibility index (Phi) is 19.1. The van der Waals surface area contributed by atoms with Crippen molar-refractivity contribution in [1.82, 2.24) is 5.32 Å². The van der Waals surface area contributed by atoms with Crippen LogP contribution in [0.4, 0.5) is 0 Å². The molecule has 0 spiro atoms. The lowest BCUT2D eigenvalue weighted by Crippen LogP contribution is -2.27. The van der Waals surface area contributed by atoms with Gasteiger partial charge < -0.3 is 29.0 Å². The predicted octanol–water partition coefficient (Wildman–Crippen LogP) is 1.73. The van der Waals surface area contributed by atoms with Crippen LogP contribution in [0.25, 0.3) is 0 Å². The Morgan fingerprint density at radius 2 is 1.08 bits per heavy atom. The molecule has 0 radical (unpaired) electrons. The lowest BCUT2D eigenvalue weighted by atomic mass is 10.2. The van der Waals surface area contributed by atoms with Gasteiger partial charge in [-0.2, -0.15) is 0 Å². The molecule has 0 aliphatic carbocycles. The van der Waals surface area contributed by atoms with Gasteiger partial charge in [0, 0.05) is 18.5 Å². The van der Waals surface area contributed by atoms with E-state index in [1.54, 1.807) is 0 Å². The molecule has 148 valence electrons. The van der Waals surface area contributed by atoms with Crippen LogP contribution in [0.15, 0.2) is 0 Å². The standard InChI is InChI=1S/C19H37NO5/c1-18(2)6-5-8-21-10-12-23-14-16-25-17-15-24-13-11-22-9-7-20-19(3)4/h18-20H,7-17H2,1-4H3. The van der Waals surface area contributed by atoms with Crippen LogP contribution in [0.5, 0.6) is 0 Å². The number of rotatable bonds is 17. The van der Waals surface area contributed by atoms with Gasteiger partial charge in [0.25, 0.3) is 0 Å². The van der Waals surface area contributed by atoms with Crippen molar-refractivity contribution < 1.29 is 23.7 Å². The summed E-state index contributed by atoms with van der Waals surface area (Å²) in [5, 5.41) is 3.29. The minimum absolute atomic E-state index is 0.389. The molecule has 0 saturated carbocycles. The molecule has 25 heavy (non-hydrogen) atoms. The second kappa shape index (κ2) is 19.6. The molecule has 0 amide bonds. The van der Waals surface area contributed by atoms with Crippen molar-refractivity contribution in [2.45, 2.75) is 33.7 Å². The van der Waals surface area contributed by atoms with E-state index in [0.717, 1.165) is 6.54 Å². The number of hydrogen-bond acceptors (Lipinski definition) is 6. The molecule has 0 atom stereocenters. The van der Waals surface area contributed by atoms with Crippen LogP contribution in [-0.4, -0.2) is 78.7 Å². The van der Waals surface area contributed by atoms with Crippen molar-refractivity contribution in [3.05, 3.63) is 0 Å². The highest BCUT2D eigenvalue weighted by Gasteiger charge is 1.94. The van der Waals surface area contributed by atoms with Crippen molar-refractivity contribution in [3.63, 3.8) is 0 Å². The fourth-order valence-electron chi connectivity index (χ4n) is 1.67. The van der Waals surface area contributed by atoms with Crippen LogP contribution in [0.2, 0.25) is 0 Å². The van der Waals surface area contributed by atoms with Crippen molar-refractivity contribution in [1.29, 1.82) is 0 Å². The summed E-state index contributed by atoms with van der Waals surface area (Å²) in [6.07, 6.45) is 0. The summed E-state index contributed by atoms with van der Waals surface area (Å²) in [7, 11) is 0. The van der Waals surface area contributed by atoms with Crippen LogP contribution in [0.1, 0.15) is 27.7 Å². The molecule has 0 aliphatic heterocycles. The van der Waals surface area contributed by atoms with Gasteiger partial charge in [-0.3, -0.25) is 0 Å². The van der Waals surface area contributed by atoms with E-state index in [0.29, 0.717) is 78.0 Å². The highest BCUT2D eigenvalue weighted by molar-refractivity contribution is 5.01. The lowest BCUT2D eigenvalue weighted by Gasteiger charge is -2.09. The Morgan fingerprint density at radius 3 is 1.52 bits per heavy atom. The van der Waals surface area contributed by atoms with E-state index >= 15 is 0 Å². The largest absolute Gasteiger partial charge is 0.378 e. The molecule has 6 heteroatoms. The fourth-order valence-corrected chi connectivity index (χ4v) is 1.67. The first-order valence-corrected chi connectivity index (χ1v) is 9.23. The minimum Gasteiger partial charge on any atom is -0.378 e. The van der Waals surface area contributed by atoms with Gasteiger partial charge in [0.05, 0.1) is 59.5 Å². The maximum atomic E-state index is 5.43. The lowest BCUT2D eigenvalue weighted by molar-refractivity contribution is -0.00894. The summed E-state index contributed by atoms with van der Waals surface area (Å²) in [5.41, 5.74) is 0. The monoisotopic (exact) mass is 359 g/mol. The number of nitrogens with one attached hydrogen (secondary N) is 1. The normalized spacial score (nSPS) is 11.1. The van der Waals surface area contributed by atoms with Crippen molar-refractivity contribution in [2.75, 3.05) is 72.6 Å². The van der Waals surface area contributed by atoms with Gasteiger partial charge >= 0.3 is 0 Å². The van der Waals surface area contributed by atoms with Crippen LogP contribution in [0, 0.1) is 17.8 Å². The molecule has 0 aromatic heterocycles. The molecule has 6 nitrogen and oxygen atoms in total. The van der Waals surface area contributed by atoms with Gasteiger partial charge in [0.1, 0.15) is 6.61 Å². The molecular weight excluding hydrogens is 322 g/mol. The molecule has 0 unspecified atom stereocenters. The topological polar surface area (TPSA) is 58.2 Å². The maximum Gasteiger partial charge on any atom is 0.107 e. The van der Waals surface area contributed by atoms with Crippen molar-refractivity contribution >= 4 is 0 Å². The third-order valence-electron chi connectivity index (χ3n) is 2.85. The highest BCUT2D eigenvalue weighted by atomic mass is 16.6. The molecule has 1 N–H and O–H groups in total. The van der Waals surface area contributed by atoms with Crippen LogP contribution in [-0.2, 0) is 23.7 Å². The predicted molar refractivity (Wildman–Crippen MR) is 99.8 cm³/mol. The average molecular weight is 360 g/mol. The van der Waals surface area contributed by atoms with Gasteiger partial charge in [-0.15, -0.1) is 0 Å². The Labute approximate surface area is 153 Å². The Hall–Kier alpha value is -0.680. The van der Waals surface area contributed by atoms with E-state index in [4.69, 9.17) is 23.7 Å². The zero-order chi connectivity index (χ0) is 18.6. The summed E-state index contributed by atoms with van der Waals surface area (Å²) >= 11 is 0. The first kappa shape index (κ1) is 24.3. The molecule has 0 rings (SSSR count). The van der Waals surface area contributed by atoms with E-state index in [1.165, 1.54) is 0 Å². The first-order valence-electron chi connectivity index (χ1n) is 9.23. The van der Waals surface area contributed by atoms with E-state index in [-0.39, 0.29) is 0 Å². The first-order chi connectivity index (χ1) is 12.1. The molecule has 0 saturated heterocycles. The summed E-state index contributed by atoms with van der Waals surface area (Å²) in [6, 6.07) is 0.498. The Balaban J connectivity index is 3.04. The zero-order valence-electron chi connectivity index (χ0n) is 16.5. The number of ether oxygens (including phenoxy) is 5. The number of hydrogen-bond donors (Lipinski definition) is 1. The third-order valence-corrected chi connectivity index (χ3v) is 2.85. The summed E-state index contributed by atoms with van der Waals surface area (Å²) in [6.45, 7) is 15.0. The smallest absolute Gasteiger partial charge is 0.107 e. The van der Waals surface area contributed by atoms with E-state index in [2.05, 4.69) is 44.9 Å². The maximum absolute atomic E-state index is 5.43. The highest BCUT2D eigenvalue weighted by Crippen LogP contribution is 1.86. The van der Waals surface area contributed by atoms with Gasteiger partial charge in [0.2, 0.25) is 0 Å². The zero-order valence-corrected chi connectivity index (χ0v) is 16.5. The molecule has 0 fully saturated rings. The molecule has 0 heterocycles. The van der Waals surface area contributed by atoms with Gasteiger partial charge in [0.15, 0.2) is 0 Å².